The molecule has 1 fully saturated rings. The van der Waals surface area contributed by atoms with Crippen molar-refractivity contribution in [3.8, 4) is 11.5 Å². The lowest BCUT2D eigenvalue weighted by molar-refractivity contribution is -0.156. The maximum absolute atomic E-state index is 14.1. The first-order valence-electron chi connectivity index (χ1n) is 9.16. The van der Waals surface area contributed by atoms with Crippen molar-refractivity contribution in [2.45, 2.75) is 25.0 Å². The van der Waals surface area contributed by atoms with Gasteiger partial charge in [0.05, 0.1) is 23.1 Å². The van der Waals surface area contributed by atoms with Gasteiger partial charge in [0.2, 0.25) is 0 Å². The van der Waals surface area contributed by atoms with Gasteiger partial charge in [-0.2, -0.15) is 0 Å². The number of fused-ring (bicyclic) bond motifs is 1. The van der Waals surface area contributed by atoms with Crippen LogP contribution < -0.4 is 4.74 Å². The smallest absolute Gasteiger partial charge is 0.309 e. The maximum atomic E-state index is 14.1. The highest BCUT2D eigenvalue weighted by Crippen LogP contribution is 2.36. The summed E-state index contributed by atoms with van der Waals surface area (Å²) < 4.78 is 38.5. The van der Waals surface area contributed by atoms with E-state index in [1.54, 1.807) is 12.2 Å². The number of aliphatic hydroxyl groups is 1. The Hall–Kier alpha value is -3.03. The van der Waals surface area contributed by atoms with Crippen LogP contribution in [0.25, 0.3) is 17.0 Å². The Morgan fingerprint density at radius 3 is 2.73 bits per heavy atom. The topological polar surface area (TPSA) is 68.7 Å². The molecule has 2 aromatic carbocycles. The molecule has 0 spiro atoms. The summed E-state index contributed by atoms with van der Waals surface area (Å²) in [6.07, 6.45) is 3.57. The summed E-state index contributed by atoms with van der Waals surface area (Å²) >= 11 is 5.86. The summed E-state index contributed by atoms with van der Waals surface area (Å²) in [5.41, 5.74) is 0.889. The molecular weight excluding hydrogens is 416 g/mol. The number of pyridine rings is 1. The SMILES string of the molecule is O=C1C[C@H](O)C[C@@H](/C=C/c2cnc3cc(Cl)c(F)cc3c2Oc2ccc(F)cc2)O1. The molecule has 5 nitrogen and oxygen atoms in total. The van der Waals surface area contributed by atoms with Crippen molar-refractivity contribution >= 4 is 34.5 Å². The van der Waals surface area contributed by atoms with E-state index in [4.69, 9.17) is 21.1 Å². The van der Waals surface area contributed by atoms with E-state index in [1.807, 2.05) is 0 Å². The summed E-state index contributed by atoms with van der Waals surface area (Å²) in [5, 5.41) is 10.1. The minimum atomic E-state index is -0.776. The van der Waals surface area contributed by atoms with Gasteiger partial charge in [0.25, 0.3) is 0 Å². The summed E-state index contributed by atoms with van der Waals surface area (Å²) in [6.45, 7) is 0. The van der Waals surface area contributed by atoms with Gasteiger partial charge in [0.1, 0.15) is 29.2 Å². The molecule has 0 amide bonds. The van der Waals surface area contributed by atoms with Crippen molar-refractivity contribution in [1.29, 1.82) is 0 Å². The van der Waals surface area contributed by atoms with Gasteiger partial charge in [-0.05, 0) is 42.5 Å². The van der Waals surface area contributed by atoms with Crippen molar-refractivity contribution in [3.63, 3.8) is 0 Å². The lowest BCUT2D eigenvalue weighted by atomic mass is 10.0. The van der Waals surface area contributed by atoms with Crippen molar-refractivity contribution in [2.75, 3.05) is 0 Å². The first-order valence-corrected chi connectivity index (χ1v) is 9.54. The molecule has 3 aromatic rings. The van der Waals surface area contributed by atoms with E-state index in [9.17, 15) is 18.7 Å². The van der Waals surface area contributed by atoms with Crippen molar-refractivity contribution in [2.24, 2.45) is 0 Å². The molecule has 4 rings (SSSR count). The average Bonchev–Trinajstić information content (AvgIpc) is 2.69. The molecule has 1 aliphatic heterocycles. The Bertz CT molecular complexity index is 1130. The average molecular weight is 432 g/mol. The number of aliphatic hydroxyl groups excluding tert-OH is 1. The van der Waals surface area contributed by atoms with Gasteiger partial charge >= 0.3 is 5.97 Å². The third-order valence-electron chi connectivity index (χ3n) is 4.60. The second-order valence-electron chi connectivity index (χ2n) is 6.86. The number of aromatic nitrogens is 1. The fourth-order valence-corrected chi connectivity index (χ4v) is 3.33. The molecule has 2 atom stereocenters. The second-order valence-corrected chi connectivity index (χ2v) is 7.27. The fraction of sp³-hybridized carbons (Fsp3) is 0.182. The number of benzene rings is 2. The number of hydrogen-bond donors (Lipinski definition) is 1. The zero-order valence-electron chi connectivity index (χ0n) is 15.5. The van der Waals surface area contributed by atoms with Gasteiger partial charge in [-0.1, -0.05) is 17.7 Å². The number of carbonyl (C=O) groups excluding carboxylic acids is 1. The number of rotatable bonds is 4. The van der Waals surface area contributed by atoms with Crippen LogP contribution in [-0.4, -0.2) is 28.3 Å². The molecule has 8 heteroatoms. The van der Waals surface area contributed by atoms with Crippen molar-refractivity contribution in [3.05, 3.63) is 70.9 Å². The number of nitrogens with zero attached hydrogens (tertiary/aromatic N) is 1. The molecular formula is C22H16ClF2NO4. The summed E-state index contributed by atoms with van der Waals surface area (Å²) in [6, 6.07) is 7.98. The molecule has 30 heavy (non-hydrogen) atoms. The zero-order valence-corrected chi connectivity index (χ0v) is 16.3. The molecule has 0 aliphatic carbocycles. The Labute approximate surface area is 175 Å². The molecule has 1 saturated heterocycles. The Morgan fingerprint density at radius 2 is 2.00 bits per heavy atom. The minimum Gasteiger partial charge on any atom is -0.458 e. The summed E-state index contributed by atoms with van der Waals surface area (Å²) in [7, 11) is 0. The second kappa shape index (κ2) is 8.38. The van der Waals surface area contributed by atoms with Crippen LogP contribution in [0, 0.1) is 11.6 Å². The minimum absolute atomic E-state index is 0.0408. The van der Waals surface area contributed by atoms with Gasteiger partial charge in [-0.25, -0.2) is 8.78 Å². The normalized spacial score (nSPS) is 19.3. The number of esters is 1. The molecule has 0 unspecified atom stereocenters. The largest absolute Gasteiger partial charge is 0.458 e. The quantitative estimate of drug-likeness (QED) is 0.586. The van der Waals surface area contributed by atoms with Gasteiger partial charge in [-0.15, -0.1) is 0 Å². The molecule has 0 radical (unpaired) electrons. The van der Waals surface area contributed by atoms with E-state index >= 15 is 0 Å². The highest BCUT2D eigenvalue weighted by molar-refractivity contribution is 6.31. The van der Waals surface area contributed by atoms with Gasteiger partial charge in [-0.3, -0.25) is 9.78 Å². The first kappa shape index (κ1) is 20.3. The number of hydrogen-bond acceptors (Lipinski definition) is 5. The van der Waals surface area contributed by atoms with Crippen LogP contribution >= 0.6 is 11.6 Å². The molecule has 0 bridgehead atoms. The Balaban J connectivity index is 1.76. The van der Waals surface area contributed by atoms with E-state index < -0.39 is 29.8 Å². The van der Waals surface area contributed by atoms with Crippen LogP contribution in [-0.2, 0) is 9.53 Å². The number of cyclic esters (lactones) is 1. The van der Waals surface area contributed by atoms with E-state index in [-0.39, 0.29) is 23.6 Å². The number of halogens is 3. The molecule has 0 saturated carbocycles. The van der Waals surface area contributed by atoms with Crippen LogP contribution in [0.5, 0.6) is 11.5 Å². The molecule has 154 valence electrons. The molecule has 2 heterocycles. The maximum Gasteiger partial charge on any atom is 0.309 e. The number of ether oxygens (including phenoxy) is 2. The van der Waals surface area contributed by atoms with Crippen LogP contribution in [0.2, 0.25) is 5.02 Å². The standard InChI is InChI=1S/C22H16ClF2NO4/c23-18-10-20-17(9-19(18)25)22(30-15-5-2-13(24)3-6-15)12(11-26-20)1-4-16-7-14(27)8-21(28)29-16/h1-6,9-11,14,16,27H,7-8H2/b4-1+/t14-,16-/m1/s1. The lowest BCUT2D eigenvalue weighted by Crippen LogP contribution is -2.31. The summed E-state index contributed by atoms with van der Waals surface area (Å²) in [4.78, 5) is 15.8. The van der Waals surface area contributed by atoms with E-state index in [0.717, 1.165) is 0 Å². The van der Waals surface area contributed by atoms with Crippen LogP contribution in [0.4, 0.5) is 8.78 Å². The molecule has 1 aliphatic rings. The highest BCUT2D eigenvalue weighted by atomic mass is 35.5. The highest BCUT2D eigenvalue weighted by Gasteiger charge is 2.25. The Morgan fingerprint density at radius 1 is 1.23 bits per heavy atom. The molecule has 1 N–H and O–H groups in total. The summed E-state index contributed by atoms with van der Waals surface area (Å²) in [5.74, 6) is -0.924. The van der Waals surface area contributed by atoms with E-state index in [1.165, 1.54) is 42.6 Å². The van der Waals surface area contributed by atoms with Crippen LogP contribution in [0.3, 0.4) is 0 Å². The monoisotopic (exact) mass is 431 g/mol. The third kappa shape index (κ3) is 4.42. The first-order chi connectivity index (χ1) is 14.4. The lowest BCUT2D eigenvalue weighted by Gasteiger charge is -2.23. The van der Waals surface area contributed by atoms with Crippen molar-refractivity contribution in [1.82, 2.24) is 4.98 Å². The predicted octanol–water partition coefficient (Wildman–Crippen LogP) is 5.04. The van der Waals surface area contributed by atoms with E-state index in [2.05, 4.69) is 4.98 Å². The van der Waals surface area contributed by atoms with Crippen LogP contribution in [0.15, 0.2) is 48.7 Å². The zero-order chi connectivity index (χ0) is 21.3. The third-order valence-corrected chi connectivity index (χ3v) is 4.89. The van der Waals surface area contributed by atoms with Crippen LogP contribution in [0.1, 0.15) is 18.4 Å². The van der Waals surface area contributed by atoms with Gasteiger partial charge < -0.3 is 14.6 Å². The number of carbonyl (C=O) groups is 1. The van der Waals surface area contributed by atoms with Gasteiger partial charge in [0.15, 0.2) is 0 Å². The fourth-order valence-electron chi connectivity index (χ4n) is 3.17. The molecule has 1 aromatic heterocycles. The van der Waals surface area contributed by atoms with Gasteiger partial charge in [0, 0.05) is 23.6 Å². The predicted molar refractivity (Wildman–Crippen MR) is 107 cm³/mol. The van der Waals surface area contributed by atoms with E-state index in [0.29, 0.717) is 22.2 Å². The van der Waals surface area contributed by atoms with Crippen molar-refractivity contribution < 1.29 is 28.2 Å². The Kier molecular flexibility index (Phi) is 5.65.